The zero-order chi connectivity index (χ0) is 17.9. The molecule has 1 aliphatic rings. The molecule has 1 aliphatic carbocycles. The normalized spacial score (nSPS) is 15.4. The number of rotatable bonds is 4. The van der Waals surface area contributed by atoms with Crippen LogP contribution in [0.3, 0.4) is 0 Å². The Balaban J connectivity index is 1.56. The Labute approximate surface area is 151 Å². The molecular weight excluding hydrogens is 331 g/mol. The Bertz CT molecular complexity index is 977. The zero-order valence-electron chi connectivity index (χ0n) is 14.5. The maximum atomic E-state index is 14.5. The highest BCUT2D eigenvalue weighted by atomic mass is 19.1. The number of halogens is 1. The topological polar surface area (TPSA) is 55.0 Å². The molecule has 0 spiro atoms. The van der Waals surface area contributed by atoms with E-state index in [0.29, 0.717) is 27.9 Å². The van der Waals surface area contributed by atoms with Gasteiger partial charge >= 0.3 is 0 Å². The third-order valence-corrected chi connectivity index (χ3v) is 4.97. The number of para-hydroxylation sites is 1. The summed E-state index contributed by atoms with van der Waals surface area (Å²) in [5, 5.41) is 0.522. The summed E-state index contributed by atoms with van der Waals surface area (Å²) >= 11 is 0. The van der Waals surface area contributed by atoms with Gasteiger partial charge in [0.05, 0.1) is 23.6 Å². The summed E-state index contributed by atoms with van der Waals surface area (Å²) in [6.07, 6.45) is 5.99. The number of ether oxygens (including phenoxy) is 1. The van der Waals surface area contributed by atoms with E-state index in [1.54, 1.807) is 30.3 Å². The number of aromatic nitrogens is 2. The molecule has 1 N–H and O–H groups in total. The first kappa shape index (κ1) is 16.9. The van der Waals surface area contributed by atoms with Gasteiger partial charge in [-0.3, -0.25) is 4.79 Å². The van der Waals surface area contributed by atoms with Crippen molar-refractivity contribution in [1.29, 1.82) is 0 Å². The molecule has 1 fully saturated rings. The van der Waals surface area contributed by atoms with Gasteiger partial charge in [0.15, 0.2) is 0 Å². The van der Waals surface area contributed by atoms with Gasteiger partial charge in [-0.15, -0.1) is 0 Å². The lowest BCUT2D eigenvalue weighted by Crippen LogP contribution is -2.16. The van der Waals surface area contributed by atoms with Crippen LogP contribution in [0.15, 0.2) is 47.3 Å². The first-order valence-corrected chi connectivity index (χ1v) is 9.10. The van der Waals surface area contributed by atoms with Gasteiger partial charge in [0.2, 0.25) is 0 Å². The molecule has 1 saturated carbocycles. The molecule has 134 valence electrons. The van der Waals surface area contributed by atoms with Crippen LogP contribution in [-0.4, -0.2) is 16.1 Å². The molecule has 5 heteroatoms. The fourth-order valence-corrected chi connectivity index (χ4v) is 3.47. The number of nitrogens with one attached hydrogen (secondary N) is 1. The molecule has 26 heavy (non-hydrogen) atoms. The van der Waals surface area contributed by atoms with Gasteiger partial charge in [0, 0.05) is 11.1 Å². The number of H-pyrrole nitrogens is 1. The van der Waals surface area contributed by atoms with Crippen molar-refractivity contribution in [2.24, 2.45) is 0 Å². The first-order chi connectivity index (χ1) is 12.7. The van der Waals surface area contributed by atoms with Crippen LogP contribution in [0.5, 0.6) is 0 Å². The minimum atomic E-state index is -0.339. The lowest BCUT2D eigenvalue weighted by atomic mass is 9.98. The van der Waals surface area contributed by atoms with Gasteiger partial charge in [0.25, 0.3) is 5.56 Å². The van der Waals surface area contributed by atoms with E-state index in [2.05, 4.69) is 9.97 Å². The summed E-state index contributed by atoms with van der Waals surface area (Å²) in [6, 6.07) is 12.0. The van der Waals surface area contributed by atoms with Crippen molar-refractivity contribution in [3.05, 3.63) is 64.2 Å². The highest BCUT2D eigenvalue weighted by molar-refractivity contribution is 5.79. The second kappa shape index (κ2) is 7.38. The van der Waals surface area contributed by atoms with Crippen LogP contribution in [0.25, 0.3) is 22.3 Å². The molecule has 4 nitrogen and oxygen atoms in total. The molecule has 3 aromatic rings. The number of aromatic amines is 1. The predicted molar refractivity (Wildman–Crippen MR) is 99.4 cm³/mol. The van der Waals surface area contributed by atoms with Crippen molar-refractivity contribution in [3.8, 4) is 11.4 Å². The monoisotopic (exact) mass is 352 g/mol. The first-order valence-electron chi connectivity index (χ1n) is 9.10. The van der Waals surface area contributed by atoms with Crippen molar-refractivity contribution in [1.82, 2.24) is 9.97 Å². The highest BCUT2D eigenvalue weighted by Crippen LogP contribution is 2.24. The molecule has 0 aliphatic heterocycles. The van der Waals surface area contributed by atoms with E-state index in [0.717, 1.165) is 12.8 Å². The van der Waals surface area contributed by atoms with Crippen LogP contribution < -0.4 is 5.56 Å². The molecule has 0 amide bonds. The molecule has 0 atom stereocenters. The fraction of sp³-hybridized carbons (Fsp3) is 0.333. The summed E-state index contributed by atoms with van der Waals surface area (Å²) < 4.78 is 20.4. The van der Waals surface area contributed by atoms with Gasteiger partial charge in [-0.05, 0) is 31.0 Å². The smallest absolute Gasteiger partial charge is 0.259 e. The minimum absolute atomic E-state index is 0.226. The molecule has 0 bridgehead atoms. The summed E-state index contributed by atoms with van der Waals surface area (Å²) in [7, 11) is 0. The average molecular weight is 352 g/mol. The molecular formula is C21H21FN2O2. The van der Waals surface area contributed by atoms with Crippen LogP contribution in [0.4, 0.5) is 4.39 Å². The summed E-state index contributed by atoms with van der Waals surface area (Å²) in [5.74, 6) is 0.0291. The molecule has 0 saturated heterocycles. The van der Waals surface area contributed by atoms with Crippen LogP contribution in [0.1, 0.15) is 37.7 Å². The zero-order valence-corrected chi connectivity index (χ0v) is 14.5. The second-order valence-corrected chi connectivity index (χ2v) is 6.81. The van der Waals surface area contributed by atoms with Crippen molar-refractivity contribution >= 4 is 10.9 Å². The highest BCUT2D eigenvalue weighted by Gasteiger charge is 2.15. The standard InChI is InChI=1S/C21H21FN2O2/c22-18-12-14(10-11-15(18)13-26-16-6-2-1-3-7-16)20-23-19-9-5-4-8-17(19)21(25)24-20/h4-5,8-12,16H,1-3,6-7,13H2,(H,23,24,25). The number of fused-ring (bicyclic) bond motifs is 1. The third-order valence-electron chi connectivity index (χ3n) is 4.97. The van der Waals surface area contributed by atoms with E-state index in [1.807, 2.05) is 6.07 Å². The predicted octanol–water partition coefficient (Wildman–Crippen LogP) is 4.58. The number of hydrogen-bond acceptors (Lipinski definition) is 3. The van der Waals surface area contributed by atoms with E-state index in [4.69, 9.17) is 4.74 Å². The second-order valence-electron chi connectivity index (χ2n) is 6.81. The van der Waals surface area contributed by atoms with Gasteiger partial charge in [-0.1, -0.05) is 43.5 Å². The quantitative estimate of drug-likeness (QED) is 0.748. The van der Waals surface area contributed by atoms with E-state index in [9.17, 15) is 9.18 Å². The molecule has 1 aromatic heterocycles. The van der Waals surface area contributed by atoms with E-state index >= 15 is 0 Å². The minimum Gasteiger partial charge on any atom is -0.373 e. The number of nitrogens with zero attached hydrogens (tertiary/aromatic N) is 1. The lowest BCUT2D eigenvalue weighted by Gasteiger charge is -2.22. The van der Waals surface area contributed by atoms with Crippen molar-refractivity contribution in [3.63, 3.8) is 0 Å². The molecule has 4 rings (SSSR count). The fourth-order valence-electron chi connectivity index (χ4n) is 3.47. The van der Waals surface area contributed by atoms with Gasteiger partial charge in [0.1, 0.15) is 11.6 Å². The maximum absolute atomic E-state index is 14.5. The SMILES string of the molecule is O=c1[nH]c(-c2ccc(COC3CCCCC3)c(F)c2)nc2ccccc12. The Hall–Kier alpha value is -2.53. The third kappa shape index (κ3) is 3.53. The van der Waals surface area contributed by atoms with E-state index in [-0.39, 0.29) is 24.1 Å². The van der Waals surface area contributed by atoms with Crippen molar-refractivity contribution in [2.45, 2.75) is 44.8 Å². The largest absolute Gasteiger partial charge is 0.373 e. The van der Waals surface area contributed by atoms with Crippen LogP contribution in [0, 0.1) is 5.82 Å². The van der Waals surface area contributed by atoms with Gasteiger partial charge in [-0.25, -0.2) is 9.37 Å². The van der Waals surface area contributed by atoms with Gasteiger partial charge < -0.3 is 9.72 Å². The van der Waals surface area contributed by atoms with E-state index < -0.39 is 0 Å². The Morgan fingerprint density at radius 2 is 1.92 bits per heavy atom. The number of hydrogen-bond donors (Lipinski definition) is 1. The van der Waals surface area contributed by atoms with Crippen molar-refractivity contribution in [2.75, 3.05) is 0 Å². The van der Waals surface area contributed by atoms with Crippen LogP contribution >= 0.6 is 0 Å². The molecule has 0 unspecified atom stereocenters. The van der Waals surface area contributed by atoms with Crippen LogP contribution in [-0.2, 0) is 11.3 Å². The summed E-state index contributed by atoms with van der Waals surface area (Å²) in [4.78, 5) is 19.4. The Kier molecular flexibility index (Phi) is 4.80. The molecule has 2 aromatic carbocycles. The Morgan fingerprint density at radius 3 is 2.73 bits per heavy atom. The molecule has 0 radical (unpaired) electrons. The average Bonchev–Trinajstić information content (AvgIpc) is 2.68. The maximum Gasteiger partial charge on any atom is 0.259 e. The van der Waals surface area contributed by atoms with Gasteiger partial charge in [-0.2, -0.15) is 0 Å². The van der Waals surface area contributed by atoms with Crippen LogP contribution in [0.2, 0.25) is 0 Å². The molecule has 1 heterocycles. The Morgan fingerprint density at radius 1 is 1.12 bits per heavy atom. The lowest BCUT2D eigenvalue weighted by molar-refractivity contribution is 0.0156. The summed E-state index contributed by atoms with van der Waals surface area (Å²) in [5.41, 5.74) is 1.45. The van der Waals surface area contributed by atoms with Crippen molar-refractivity contribution < 1.29 is 9.13 Å². The summed E-state index contributed by atoms with van der Waals surface area (Å²) in [6.45, 7) is 0.276. The van der Waals surface area contributed by atoms with E-state index in [1.165, 1.54) is 25.3 Å². The number of benzene rings is 2.